The van der Waals surface area contributed by atoms with Crippen molar-refractivity contribution in [3.8, 4) is 11.3 Å². The van der Waals surface area contributed by atoms with Gasteiger partial charge in [-0.2, -0.15) is 0 Å². The van der Waals surface area contributed by atoms with Crippen molar-refractivity contribution in [1.82, 2.24) is 9.88 Å². The molecule has 2 atom stereocenters. The molecule has 2 N–H and O–H groups in total. The molecular formula is C20H28FN5OS. The van der Waals surface area contributed by atoms with Gasteiger partial charge in [0.05, 0.1) is 30.3 Å². The molecule has 1 aromatic carbocycles. The molecular weight excluding hydrogens is 377 g/mol. The van der Waals surface area contributed by atoms with E-state index in [-0.39, 0.29) is 5.82 Å². The maximum absolute atomic E-state index is 15.0. The molecule has 0 aliphatic carbocycles. The summed E-state index contributed by atoms with van der Waals surface area (Å²) in [6.07, 6.45) is 0. The van der Waals surface area contributed by atoms with Gasteiger partial charge in [-0.15, -0.1) is 11.3 Å². The molecule has 4 rings (SSSR count). The van der Waals surface area contributed by atoms with E-state index in [1.165, 1.54) is 11.3 Å². The van der Waals surface area contributed by atoms with E-state index >= 15 is 4.39 Å². The third-order valence-electron chi connectivity index (χ3n) is 5.87. The van der Waals surface area contributed by atoms with Crippen LogP contribution in [-0.2, 0) is 4.74 Å². The molecule has 2 aliphatic rings. The van der Waals surface area contributed by atoms with Gasteiger partial charge in [0.1, 0.15) is 5.82 Å². The minimum Gasteiger partial charge on any atom is -0.397 e. The fraction of sp³-hybridized carbons (Fsp3) is 0.550. The molecule has 0 amide bonds. The minimum atomic E-state index is -0.276. The molecule has 3 heterocycles. The molecule has 8 heteroatoms. The first-order chi connectivity index (χ1) is 13.4. The SMILES string of the molecule is CC1CN(c2cc(F)c(-c3csc(N4CCOCC4)n3)cc2N)CC(C)N1C. The predicted octanol–water partition coefficient (Wildman–Crippen LogP) is 2.90. The summed E-state index contributed by atoms with van der Waals surface area (Å²) in [5, 5.41) is 2.81. The lowest BCUT2D eigenvalue weighted by Gasteiger charge is -2.43. The number of hydrogen-bond donors (Lipinski definition) is 1. The molecule has 0 radical (unpaired) electrons. The molecule has 0 bridgehead atoms. The lowest BCUT2D eigenvalue weighted by atomic mass is 10.1. The van der Waals surface area contributed by atoms with Crippen LogP contribution in [0.2, 0.25) is 0 Å². The van der Waals surface area contributed by atoms with Crippen LogP contribution in [0.3, 0.4) is 0 Å². The van der Waals surface area contributed by atoms with Crippen LogP contribution in [0.4, 0.5) is 20.9 Å². The first-order valence-electron chi connectivity index (χ1n) is 9.78. The fourth-order valence-electron chi connectivity index (χ4n) is 3.94. The summed E-state index contributed by atoms with van der Waals surface area (Å²) in [6.45, 7) is 9.08. The highest BCUT2D eigenvalue weighted by atomic mass is 32.1. The third-order valence-corrected chi connectivity index (χ3v) is 6.77. The lowest BCUT2D eigenvalue weighted by Crippen LogP contribution is -2.55. The van der Waals surface area contributed by atoms with Crippen LogP contribution >= 0.6 is 11.3 Å². The summed E-state index contributed by atoms with van der Waals surface area (Å²) >= 11 is 1.53. The van der Waals surface area contributed by atoms with Crippen molar-refractivity contribution in [2.45, 2.75) is 25.9 Å². The van der Waals surface area contributed by atoms with Crippen molar-refractivity contribution >= 4 is 27.8 Å². The van der Waals surface area contributed by atoms with E-state index in [1.54, 1.807) is 12.1 Å². The van der Waals surface area contributed by atoms with Gasteiger partial charge in [0.2, 0.25) is 0 Å². The van der Waals surface area contributed by atoms with Gasteiger partial charge in [-0.3, -0.25) is 4.90 Å². The fourth-order valence-corrected chi connectivity index (χ4v) is 4.82. The van der Waals surface area contributed by atoms with E-state index in [1.807, 2.05) is 5.38 Å². The monoisotopic (exact) mass is 405 g/mol. The van der Waals surface area contributed by atoms with Crippen LogP contribution in [0.15, 0.2) is 17.5 Å². The number of nitrogens with two attached hydrogens (primary N) is 1. The minimum absolute atomic E-state index is 0.276. The Morgan fingerprint density at radius 3 is 2.50 bits per heavy atom. The number of aromatic nitrogens is 1. The maximum atomic E-state index is 15.0. The number of piperazine rings is 1. The topological polar surface area (TPSA) is 57.9 Å². The molecule has 1 aromatic heterocycles. The first-order valence-corrected chi connectivity index (χ1v) is 10.7. The van der Waals surface area contributed by atoms with Crippen LogP contribution in [0.5, 0.6) is 0 Å². The van der Waals surface area contributed by atoms with Gasteiger partial charge in [-0.25, -0.2) is 9.37 Å². The number of rotatable bonds is 3. The van der Waals surface area contributed by atoms with E-state index in [9.17, 15) is 0 Å². The van der Waals surface area contributed by atoms with Crippen molar-refractivity contribution in [2.24, 2.45) is 0 Å². The van der Waals surface area contributed by atoms with E-state index in [4.69, 9.17) is 10.5 Å². The quantitative estimate of drug-likeness (QED) is 0.793. The molecule has 152 valence electrons. The van der Waals surface area contributed by atoms with E-state index in [2.05, 4.69) is 40.6 Å². The van der Waals surface area contributed by atoms with Crippen LogP contribution in [-0.4, -0.2) is 68.4 Å². The Bertz CT molecular complexity index is 826. The number of morpholine rings is 1. The number of nitrogen functional groups attached to an aromatic ring is 1. The number of benzene rings is 1. The Kier molecular flexibility index (Phi) is 5.44. The molecule has 0 saturated carbocycles. The predicted molar refractivity (Wildman–Crippen MR) is 114 cm³/mol. The lowest BCUT2D eigenvalue weighted by molar-refractivity contribution is 0.122. The normalized spacial score (nSPS) is 24.0. The summed E-state index contributed by atoms with van der Waals surface area (Å²) in [7, 11) is 2.13. The Morgan fingerprint density at radius 2 is 1.82 bits per heavy atom. The number of anilines is 3. The summed E-state index contributed by atoms with van der Waals surface area (Å²) in [5.74, 6) is -0.276. The highest BCUT2D eigenvalue weighted by Crippen LogP contribution is 2.35. The summed E-state index contributed by atoms with van der Waals surface area (Å²) in [5.41, 5.74) is 8.84. The van der Waals surface area contributed by atoms with Gasteiger partial charge >= 0.3 is 0 Å². The standard InChI is InChI=1S/C20H28FN5OS/c1-13-10-26(11-14(2)24(13)3)19-9-16(21)15(8-17(19)22)18-12-28-20(23-18)25-4-6-27-7-5-25/h8-9,12-14H,4-7,10-11,22H2,1-3H3. The summed E-state index contributed by atoms with van der Waals surface area (Å²) in [4.78, 5) is 11.4. The number of ether oxygens (including phenoxy) is 1. The third kappa shape index (κ3) is 3.68. The number of nitrogens with zero attached hydrogens (tertiary/aromatic N) is 4. The van der Waals surface area contributed by atoms with E-state index < -0.39 is 0 Å². The Labute approximate surface area is 169 Å². The Morgan fingerprint density at radius 1 is 1.14 bits per heavy atom. The second-order valence-corrected chi connectivity index (χ2v) is 8.61. The van der Waals surface area contributed by atoms with Crippen LogP contribution in [0, 0.1) is 5.82 Å². The van der Waals surface area contributed by atoms with Crippen molar-refractivity contribution in [1.29, 1.82) is 0 Å². The van der Waals surface area contributed by atoms with E-state index in [0.29, 0.717) is 42.2 Å². The maximum Gasteiger partial charge on any atom is 0.186 e. The van der Waals surface area contributed by atoms with Gasteiger partial charge in [0.25, 0.3) is 0 Å². The highest BCUT2D eigenvalue weighted by molar-refractivity contribution is 7.14. The zero-order valence-corrected chi connectivity index (χ0v) is 17.5. The second kappa shape index (κ2) is 7.85. The average molecular weight is 406 g/mol. The zero-order chi connectivity index (χ0) is 19.8. The second-order valence-electron chi connectivity index (χ2n) is 7.77. The zero-order valence-electron chi connectivity index (χ0n) is 16.7. The number of thiazole rings is 1. The van der Waals surface area contributed by atoms with E-state index in [0.717, 1.165) is 37.0 Å². The molecule has 28 heavy (non-hydrogen) atoms. The first kappa shape index (κ1) is 19.4. The van der Waals surface area contributed by atoms with Gasteiger partial charge in [-0.1, -0.05) is 0 Å². The van der Waals surface area contributed by atoms with Gasteiger partial charge in [-0.05, 0) is 33.0 Å². The van der Waals surface area contributed by atoms with Crippen LogP contribution in [0.25, 0.3) is 11.3 Å². The average Bonchev–Trinajstić information content (AvgIpc) is 3.18. The molecule has 2 fully saturated rings. The number of likely N-dealkylation sites (N-methyl/N-ethyl adjacent to an activating group) is 1. The van der Waals surface area contributed by atoms with Gasteiger partial charge < -0.3 is 20.3 Å². The van der Waals surface area contributed by atoms with Crippen LogP contribution < -0.4 is 15.5 Å². The van der Waals surface area contributed by atoms with Gasteiger partial charge in [0, 0.05) is 49.2 Å². The van der Waals surface area contributed by atoms with Gasteiger partial charge in [0.15, 0.2) is 5.13 Å². The highest BCUT2D eigenvalue weighted by Gasteiger charge is 2.28. The smallest absolute Gasteiger partial charge is 0.186 e. The molecule has 2 aromatic rings. The summed E-state index contributed by atoms with van der Waals surface area (Å²) < 4.78 is 20.4. The molecule has 2 saturated heterocycles. The number of hydrogen-bond acceptors (Lipinski definition) is 7. The summed E-state index contributed by atoms with van der Waals surface area (Å²) in [6, 6.07) is 4.08. The largest absolute Gasteiger partial charge is 0.397 e. The molecule has 2 aliphatic heterocycles. The van der Waals surface area contributed by atoms with Crippen molar-refractivity contribution in [2.75, 3.05) is 62.0 Å². The van der Waals surface area contributed by atoms with Crippen molar-refractivity contribution in [3.63, 3.8) is 0 Å². The number of halogens is 1. The molecule has 6 nitrogen and oxygen atoms in total. The Balaban J connectivity index is 1.59. The Hall–Kier alpha value is -1.90. The van der Waals surface area contributed by atoms with Crippen molar-refractivity contribution < 1.29 is 9.13 Å². The van der Waals surface area contributed by atoms with Crippen LogP contribution in [0.1, 0.15) is 13.8 Å². The van der Waals surface area contributed by atoms with Crippen molar-refractivity contribution in [3.05, 3.63) is 23.3 Å². The molecule has 2 unspecified atom stereocenters. The molecule has 0 spiro atoms.